The Bertz CT molecular complexity index is 1490. The van der Waals surface area contributed by atoms with Crippen LogP contribution in [0, 0.1) is 20.8 Å². The van der Waals surface area contributed by atoms with Crippen LogP contribution in [-0.4, -0.2) is 61.9 Å². The van der Waals surface area contributed by atoms with E-state index in [1.54, 1.807) is 0 Å². The highest BCUT2D eigenvalue weighted by Crippen LogP contribution is 2.44. The smallest absolute Gasteiger partial charge is 0.350 e. The number of halogens is 2. The molecular formula is C23H26F2N3O8PS. The van der Waals surface area contributed by atoms with Crippen molar-refractivity contribution in [2.24, 2.45) is 0 Å². The van der Waals surface area contributed by atoms with Crippen LogP contribution in [0.1, 0.15) is 33.6 Å². The molecule has 0 bridgehead atoms. The number of carbonyl (C=O) groups excluding carboxylic acids is 1. The summed E-state index contributed by atoms with van der Waals surface area (Å²) in [7, 11) is -4.01. The molecule has 0 amide bonds. The van der Waals surface area contributed by atoms with E-state index in [9.17, 15) is 32.9 Å². The number of esters is 1. The predicted molar refractivity (Wildman–Crippen MR) is 132 cm³/mol. The molecule has 3 aromatic rings. The number of ether oxygens (including phenoxy) is 2. The van der Waals surface area contributed by atoms with Gasteiger partial charge >= 0.3 is 25.2 Å². The average Bonchev–Trinajstić information content (AvgIpc) is 3.33. The molecule has 0 radical (unpaired) electrons. The Morgan fingerprint density at radius 3 is 2.66 bits per heavy atom. The third kappa shape index (κ3) is 5.85. The maximum Gasteiger partial charge on any atom is 0.350 e. The quantitative estimate of drug-likeness (QED) is 0.304. The number of aromatic nitrogens is 3. The fourth-order valence-corrected chi connectivity index (χ4v) is 5.41. The van der Waals surface area contributed by atoms with Gasteiger partial charge < -0.3 is 24.0 Å². The van der Waals surface area contributed by atoms with Crippen LogP contribution < -0.4 is 5.69 Å². The second-order valence-electron chi connectivity index (χ2n) is 9.09. The van der Waals surface area contributed by atoms with Crippen LogP contribution in [0.3, 0.4) is 0 Å². The highest BCUT2D eigenvalue weighted by molar-refractivity contribution is 7.51. The molecule has 0 aliphatic carbocycles. The molecule has 1 fully saturated rings. The first kappa shape index (κ1) is 28.4. The lowest BCUT2D eigenvalue weighted by molar-refractivity contribution is -0.144. The SMILES string of the molecule is Cc1cc2nc(COC(=O)Cc3ccn([C@@H]4O[C@H](COP(C)(=O)O)[C@@H](O)C4(F)F)c(=O)n3)sc2c(C)c1C. The Morgan fingerprint density at radius 1 is 1.29 bits per heavy atom. The summed E-state index contributed by atoms with van der Waals surface area (Å²) in [5.41, 5.74) is 3.04. The Hall–Kier alpha value is -2.61. The van der Waals surface area contributed by atoms with E-state index in [4.69, 9.17) is 9.47 Å². The first-order valence-corrected chi connectivity index (χ1v) is 14.3. The normalized spacial score (nSPS) is 22.5. The largest absolute Gasteiger partial charge is 0.458 e. The van der Waals surface area contributed by atoms with Gasteiger partial charge in [-0.2, -0.15) is 13.8 Å². The fourth-order valence-electron chi connectivity index (χ4n) is 3.97. The Morgan fingerprint density at radius 2 is 2.00 bits per heavy atom. The molecule has 1 aromatic carbocycles. The Labute approximate surface area is 219 Å². The van der Waals surface area contributed by atoms with E-state index in [-0.39, 0.29) is 18.7 Å². The van der Waals surface area contributed by atoms with Gasteiger partial charge in [-0.15, -0.1) is 11.3 Å². The minimum absolute atomic E-state index is 0.0170. The van der Waals surface area contributed by atoms with Crippen LogP contribution >= 0.6 is 18.9 Å². The molecule has 38 heavy (non-hydrogen) atoms. The third-order valence-electron chi connectivity index (χ3n) is 6.23. The summed E-state index contributed by atoms with van der Waals surface area (Å²) in [5, 5.41) is 10.5. The van der Waals surface area contributed by atoms with Crippen LogP contribution in [0.25, 0.3) is 10.2 Å². The van der Waals surface area contributed by atoms with E-state index < -0.39 is 50.2 Å². The Balaban J connectivity index is 1.41. The summed E-state index contributed by atoms with van der Waals surface area (Å²) < 4.78 is 56.9. The van der Waals surface area contributed by atoms with Crippen LogP contribution in [0.15, 0.2) is 23.1 Å². The lowest BCUT2D eigenvalue weighted by Crippen LogP contribution is -2.42. The van der Waals surface area contributed by atoms with Crippen molar-refractivity contribution in [3.05, 3.63) is 56.2 Å². The predicted octanol–water partition coefficient (Wildman–Crippen LogP) is 2.79. The minimum atomic E-state index is -4.01. The number of thiazole rings is 1. The van der Waals surface area contributed by atoms with Crippen molar-refractivity contribution < 1.29 is 42.1 Å². The maximum atomic E-state index is 14.6. The molecule has 1 unspecified atom stereocenters. The molecule has 15 heteroatoms. The van der Waals surface area contributed by atoms with E-state index >= 15 is 0 Å². The van der Waals surface area contributed by atoms with E-state index in [1.165, 1.54) is 23.0 Å². The van der Waals surface area contributed by atoms with E-state index in [2.05, 4.69) is 14.5 Å². The zero-order valence-electron chi connectivity index (χ0n) is 20.9. The van der Waals surface area contributed by atoms with Gasteiger partial charge in [-0.25, -0.2) is 9.78 Å². The number of fused-ring (bicyclic) bond motifs is 1. The second kappa shape index (κ2) is 10.5. The van der Waals surface area contributed by atoms with Crippen molar-refractivity contribution in [1.29, 1.82) is 0 Å². The molecule has 1 saturated heterocycles. The summed E-state index contributed by atoms with van der Waals surface area (Å²) in [4.78, 5) is 42.2. The molecule has 0 spiro atoms. The van der Waals surface area contributed by atoms with Crippen molar-refractivity contribution in [2.75, 3.05) is 13.3 Å². The van der Waals surface area contributed by atoms with Crippen molar-refractivity contribution >= 4 is 35.1 Å². The summed E-state index contributed by atoms with van der Waals surface area (Å²) in [6, 6.07) is 3.15. The van der Waals surface area contributed by atoms with Crippen molar-refractivity contribution in [2.45, 2.75) is 58.2 Å². The molecular weight excluding hydrogens is 547 g/mol. The summed E-state index contributed by atoms with van der Waals surface area (Å²) in [5.74, 6) is -4.62. The molecule has 4 rings (SSSR count). The van der Waals surface area contributed by atoms with Gasteiger partial charge in [0.1, 0.15) is 17.7 Å². The van der Waals surface area contributed by atoms with Gasteiger partial charge in [0.05, 0.1) is 28.9 Å². The van der Waals surface area contributed by atoms with Gasteiger partial charge in [0.25, 0.3) is 0 Å². The molecule has 1 aliphatic rings. The van der Waals surface area contributed by atoms with Crippen molar-refractivity contribution in [1.82, 2.24) is 14.5 Å². The standard InChI is InChI=1S/C23H26F2N3O8PS/c1-11-7-15-19(13(3)12(11)2)38-17(27-15)10-34-18(29)8-14-5-6-28(22(31)26-14)21-23(24,25)20(30)16(36-21)9-35-37(4,32)33/h5-7,16,20-21,30H,8-10H2,1-4H3,(H,32,33)/t16-,20-,21-/m1/s1. The van der Waals surface area contributed by atoms with Crippen LogP contribution in [0.2, 0.25) is 0 Å². The van der Waals surface area contributed by atoms with Gasteiger partial charge in [-0.05, 0) is 49.6 Å². The van der Waals surface area contributed by atoms with Crippen LogP contribution in [0.5, 0.6) is 0 Å². The van der Waals surface area contributed by atoms with Gasteiger partial charge in [0.2, 0.25) is 6.23 Å². The van der Waals surface area contributed by atoms with Gasteiger partial charge in [-0.1, -0.05) is 0 Å². The van der Waals surface area contributed by atoms with Crippen LogP contribution in [0.4, 0.5) is 8.78 Å². The Kier molecular flexibility index (Phi) is 7.86. The molecule has 11 nitrogen and oxygen atoms in total. The van der Waals surface area contributed by atoms with Crippen molar-refractivity contribution in [3.63, 3.8) is 0 Å². The van der Waals surface area contributed by atoms with E-state index in [0.29, 0.717) is 9.57 Å². The molecule has 206 valence electrons. The lowest BCUT2D eigenvalue weighted by atomic mass is 10.0. The minimum Gasteiger partial charge on any atom is -0.458 e. The number of nitrogens with zero attached hydrogens (tertiary/aromatic N) is 3. The topological polar surface area (TPSA) is 150 Å². The zero-order chi connectivity index (χ0) is 28.0. The highest BCUT2D eigenvalue weighted by atomic mass is 32.1. The number of alkyl halides is 2. The third-order valence-corrected chi connectivity index (χ3v) is 8.02. The summed E-state index contributed by atoms with van der Waals surface area (Å²) >= 11 is 1.42. The molecule has 2 N–H and O–H groups in total. The molecule has 1 aliphatic heterocycles. The van der Waals surface area contributed by atoms with E-state index in [1.807, 2.05) is 26.8 Å². The van der Waals surface area contributed by atoms with Crippen LogP contribution in [-0.2, 0) is 36.4 Å². The number of carbonyl (C=O) groups is 1. The number of hydrogen-bond acceptors (Lipinski definition) is 10. The number of benzene rings is 1. The number of aliphatic hydroxyl groups is 1. The zero-order valence-corrected chi connectivity index (χ0v) is 22.6. The second-order valence-corrected chi connectivity index (χ2v) is 12.0. The number of aryl methyl sites for hydroxylation is 2. The van der Waals surface area contributed by atoms with Gasteiger partial charge in [-0.3, -0.25) is 13.9 Å². The first-order valence-electron chi connectivity index (χ1n) is 11.4. The molecule has 0 saturated carbocycles. The van der Waals surface area contributed by atoms with E-state index in [0.717, 1.165) is 34.2 Å². The molecule has 4 atom stereocenters. The number of hydrogen-bond donors (Lipinski definition) is 2. The van der Waals surface area contributed by atoms with Gasteiger partial charge in [0.15, 0.2) is 6.10 Å². The molecule has 2 aromatic heterocycles. The van der Waals surface area contributed by atoms with Gasteiger partial charge in [0, 0.05) is 12.9 Å². The lowest BCUT2D eigenvalue weighted by Gasteiger charge is -2.21. The number of aliphatic hydroxyl groups excluding tert-OH is 1. The summed E-state index contributed by atoms with van der Waals surface area (Å²) in [6.07, 6.45) is -5.74. The number of rotatable bonds is 8. The average molecular weight is 574 g/mol. The van der Waals surface area contributed by atoms with Crippen molar-refractivity contribution in [3.8, 4) is 0 Å². The first-order chi connectivity index (χ1) is 17.7. The summed E-state index contributed by atoms with van der Waals surface area (Å²) in [6.45, 7) is 6.01. The highest BCUT2D eigenvalue weighted by Gasteiger charge is 2.60. The maximum absolute atomic E-state index is 14.6. The molecule has 3 heterocycles. The monoisotopic (exact) mass is 573 g/mol. The fraction of sp³-hybridized carbons (Fsp3) is 0.478.